The Labute approximate surface area is 161 Å². The first-order valence-electron chi connectivity index (χ1n) is 9.21. The zero-order chi connectivity index (χ0) is 19.5. The quantitative estimate of drug-likeness (QED) is 0.653. The van der Waals surface area contributed by atoms with Gasteiger partial charge in [-0.2, -0.15) is 0 Å². The Morgan fingerprint density at radius 3 is 2.75 bits per heavy atom. The van der Waals surface area contributed by atoms with Crippen LogP contribution in [0.15, 0.2) is 54.6 Å². The number of anilines is 1. The first-order valence-corrected chi connectivity index (χ1v) is 9.21. The van der Waals surface area contributed by atoms with Crippen LogP contribution in [-0.4, -0.2) is 29.3 Å². The molecule has 1 fully saturated rings. The third-order valence-corrected chi connectivity index (χ3v) is 4.74. The lowest BCUT2D eigenvalue weighted by atomic mass is 10.0. The second-order valence-corrected chi connectivity index (χ2v) is 6.82. The fraction of sp³-hybridized carbons (Fsp3) is 0.227. The van der Waals surface area contributed by atoms with Crippen LogP contribution in [0.3, 0.4) is 0 Å². The number of aromatic nitrogens is 1. The number of phenolic OH excluding ortho intramolecular Hbond substituents is 1. The van der Waals surface area contributed by atoms with E-state index in [1.165, 1.54) is 6.07 Å². The highest BCUT2D eigenvalue weighted by Gasteiger charge is 2.16. The largest absolute Gasteiger partial charge is 0.508 e. The maximum absolute atomic E-state index is 14.3. The summed E-state index contributed by atoms with van der Waals surface area (Å²) < 4.78 is 33.7. The lowest BCUT2D eigenvalue weighted by molar-refractivity contribution is 0.120. The molecule has 144 valence electrons. The first-order chi connectivity index (χ1) is 13.6. The summed E-state index contributed by atoms with van der Waals surface area (Å²) >= 11 is 0. The van der Waals surface area contributed by atoms with E-state index in [2.05, 4.69) is 10.3 Å². The second kappa shape index (κ2) is 7.94. The molecule has 1 unspecified atom stereocenters. The third kappa shape index (κ3) is 4.12. The number of nitrogens with one attached hydrogen (secondary N) is 1. The standard InChI is InChI=1S/C22H20F2N2O2/c23-16-6-7-20(24)19(12-16)15-10-21(14-3-1-4-17(27)9-14)26-22(11-15)25-13-18-5-2-8-28-18/h1,3-4,6-7,9-12,18,27H,2,5,8,13H2,(H,25,26). The highest BCUT2D eigenvalue weighted by molar-refractivity contribution is 5.74. The minimum atomic E-state index is -0.514. The van der Waals surface area contributed by atoms with Gasteiger partial charge in [0.2, 0.25) is 0 Å². The molecule has 6 heteroatoms. The molecular weight excluding hydrogens is 362 g/mol. The second-order valence-electron chi connectivity index (χ2n) is 6.82. The van der Waals surface area contributed by atoms with E-state index < -0.39 is 11.6 Å². The van der Waals surface area contributed by atoms with E-state index >= 15 is 0 Å². The van der Waals surface area contributed by atoms with Gasteiger partial charge in [0.1, 0.15) is 23.2 Å². The van der Waals surface area contributed by atoms with Crippen molar-refractivity contribution in [1.82, 2.24) is 4.98 Å². The highest BCUT2D eigenvalue weighted by Crippen LogP contribution is 2.31. The Morgan fingerprint density at radius 1 is 1.07 bits per heavy atom. The predicted octanol–water partition coefficient (Wildman–Crippen LogP) is 4.99. The van der Waals surface area contributed by atoms with Gasteiger partial charge in [-0.15, -0.1) is 0 Å². The maximum Gasteiger partial charge on any atom is 0.131 e. The normalized spacial score (nSPS) is 16.3. The Bertz CT molecular complexity index is 988. The molecule has 2 aromatic carbocycles. The summed E-state index contributed by atoms with van der Waals surface area (Å²) in [5, 5.41) is 13.0. The van der Waals surface area contributed by atoms with E-state index in [9.17, 15) is 13.9 Å². The van der Waals surface area contributed by atoms with Gasteiger partial charge in [-0.05, 0) is 60.9 Å². The first kappa shape index (κ1) is 18.4. The average Bonchev–Trinajstić information content (AvgIpc) is 3.22. The van der Waals surface area contributed by atoms with Crippen LogP contribution in [0.25, 0.3) is 22.4 Å². The average molecular weight is 382 g/mol. The number of pyridine rings is 1. The molecule has 0 spiro atoms. The van der Waals surface area contributed by atoms with Crippen molar-refractivity contribution in [3.8, 4) is 28.1 Å². The Kier molecular flexibility index (Phi) is 5.21. The van der Waals surface area contributed by atoms with Gasteiger partial charge in [0.15, 0.2) is 0 Å². The molecule has 2 N–H and O–H groups in total. The van der Waals surface area contributed by atoms with E-state index in [4.69, 9.17) is 4.74 Å². The molecule has 2 heterocycles. The Hall–Kier alpha value is -2.99. The molecular formula is C22H20F2N2O2. The van der Waals surface area contributed by atoms with Gasteiger partial charge in [0, 0.05) is 24.3 Å². The molecule has 4 rings (SSSR count). The number of rotatable bonds is 5. The lowest BCUT2D eigenvalue weighted by Gasteiger charge is -2.14. The summed E-state index contributed by atoms with van der Waals surface area (Å²) in [6.07, 6.45) is 2.12. The molecule has 4 nitrogen and oxygen atoms in total. The van der Waals surface area contributed by atoms with Gasteiger partial charge >= 0.3 is 0 Å². The Balaban J connectivity index is 1.74. The van der Waals surface area contributed by atoms with Crippen LogP contribution in [0.2, 0.25) is 0 Å². The summed E-state index contributed by atoms with van der Waals surface area (Å²) in [5.74, 6) is -0.383. The summed E-state index contributed by atoms with van der Waals surface area (Å²) in [6, 6.07) is 13.4. The SMILES string of the molecule is Oc1cccc(-c2cc(-c3cc(F)ccc3F)cc(NCC3CCCO3)n2)c1. The van der Waals surface area contributed by atoms with Gasteiger partial charge in [0.05, 0.1) is 11.8 Å². The van der Waals surface area contributed by atoms with Crippen LogP contribution in [-0.2, 0) is 4.74 Å². The number of hydrogen-bond acceptors (Lipinski definition) is 4. The number of benzene rings is 2. The van der Waals surface area contributed by atoms with Gasteiger partial charge < -0.3 is 15.2 Å². The summed E-state index contributed by atoms with van der Waals surface area (Å²) in [4.78, 5) is 4.59. The number of hydrogen-bond donors (Lipinski definition) is 2. The summed E-state index contributed by atoms with van der Waals surface area (Å²) in [6.45, 7) is 1.34. The van der Waals surface area contributed by atoms with Crippen molar-refractivity contribution in [2.45, 2.75) is 18.9 Å². The van der Waals surface area contributed by atoms with E-state index in [1.54, 1.807) is 36.4 Å². The monoisotopic (exact) mass is 382 g/mol. The topological polar surface area (TPSA) is 54.4 Å². The van der Waals surface area contributed by atoms with Crippen molar-refractivity contribution in [2.75, 3.05) is 18.5 Å². The van der Waals surface area contributed by atoms with E-state index in [0.29, 0.717) is 29.2 Å². The van der Waals surface area contributed by atoms with Gasteiger partial charge in [0.25, 0.3) is 0 Å². The van der Waals surface area contributed by atoms with Crippen LogP contribution in [0.5, 0.6) is 5.75 Å². The molecule has 0 aliphatic carbocycles. The molecule has 3 aromatic rings. The zero-order valence-electron chi connectivity index (χ0n) is 15.2. The number of phenols is 1. The highest BCUT2D eigenvalue weighted by atomic mass is 19.1. The molecule has 1 atom stereocenters. The number of nitrogens with zero attached hydrogens (tertiary/aromatic N) is 1. The van der Waals surface area contributed by atoms with Crippen LogP contribution < -0.4 is 5.32 Å². The number of halogens is 2. The third-order valence-electron chi connectivity index (χ3n) is 4.74. The zero-order valence-corrected chi connectivity index (χ0v) is 15.2. The minimum Gasteiger partial charge on any atom is -0.508 e. The molecule has 0 saturated carbocycles. The van der Waals surface area contributed by atoms with E-state index in [1.807, 2.05) is 0 Å². The van der Waals surface area contributed by atoms with Crippen LogP contribution in [0.4, 0.5) is 14.6 Å². The van der Waals surface area contributed by atoms with Crippen LogP contribution in [0, 0.1) is 11.6 Å². The Morgan fingerprint density at radius 2 is 1.96 bits per heavy atom. The van der Waals surface area contributed by atoms with E-state index in [0.717, 1.165) is 31.6 Å². The lowest BCUT2D eigenvalue weighted by Crippen LogP contribution is -2.19. The molecule has 0 bridgehead atoms. The summed E-state index contributed by atoms with van der Waals surface area (Å²) in [7, 11) is 0. The van der Waals surface area contributed by atoms with Crippen molar-refractivity contribution in [3.05, 3.63) is 66.2 Å². The molecule has 1 saturated heterocycles. The molecule has 0 radical (unpaired) electrons. The smallest absolute Gasteiger partial charge is 0.131 e. The van der Waals surface area contributed by atoms with Crippen molar-refractivity contribution in [1.29, 1.82) is 0 Å². The number of aromatic hydroxyl groups is 1. The molecule has 1 aliphatic heterocycles. The van der Waals surface area contributed by atoms with Crippen molar-refractivity contribution >= 4 is 5.82 Å². The van der Waals surface area contributed by atoms with Crippen LogP contribution in [0.1, 0.15) is 12.8 Å². The predicted molar refractivity (Wildman–Crippen MR) is 104 cm³/mol. The van der Waals surface area contributed by atoms with Crippen LogP contribution >= 0.6 is 0 Å². The molecule has 0 amide bonds. The number of ether oxygens (including phenoxy) is 1. The van der Waals surface area contributed by atoms with E-state index in [-0.39, 0.29) is 17.4 Å². The van der Waals surface area contributed by atoms with Gasteiger partial charge in [-0.3, -0.25) is 0 Å². The fourth-order valence-electron chi connectivity index (χ4n) is 3.33. The molecule has 1 aliphatic rings. The van der Waals surface area contributed by atoms with Crippen molar-refractivity contribution in [3.63, 3.8) is 0 Å². The molecule has 28 heavy (non-hydrogen) atoms. The van der Waals surface area contributed by atoms with Crippen molar-refractivity contribution in [2.24, 2.45) is 0 Å². The summed E-state index contributed by atoms with van der Waals surface area (Å²) in [5.41, 5.74) is 1.88. The minimum absolute atomic E-state index is 0.107. The maximum atomic E-state index is 14.3. The fourth-order valence-corrected chi connectivity index (χ4v) is 3.33. The van der Waals surface area contributed by atoms with Crippen molar-refractivity contribution < 1.29 is 18.6 Å². The molecule has 1 aromatic heterocycles. The van der Waals surface area contributed by atoms with Gasteiger partial charge in [-0.1, -0.05) is 12.1 Å². The van der Waals surface area contributed by atoms with Gasteiger partial charge in [-0.25, -0.2) is 13.8 Å².